The number of anilines is 3. The summed E-state index contributed by atoms with van der Waals surface area (Å²) in [4.78, 5) is 11.1. The molecule has 12 heteroatoms. The van der Waals surface area contributed by atoms with Crippen LogP contribution in [-0.4, -0.2) is 66.9 Å². The lowest BCUT2D eigenvalue weighted by Crippen LogP contribution is -2.28. The Labute approximate surface area is 230 Å². The summed E-state index contributed by atoms with van der Waals surface area (Å²) in [6.07, 6.45) is 3.86. The van der Waals surface area contributed by atoms with Crippen LogP contribution in [0.3, 0.4) is 0 Å². The van der Waals surface area contributed by atoms with Crippen molar-refractivity contribution in [3.63, 3.8) is 0 Å². The molecule has 0 bridgehead atoms. The van der Waals surface area contributed by atoms with Crippen molar-refractivity contribution >= 4 is 43.9 Å². The Morgan fingerprint density at radius 1 is 1.29 bits per heavy atom. The number of hydrogen-bond acceptors (Lipinski definition) is 10. The quantitative estimate of drug-likeness (QED) is 0.240. The average Bonchev–Trinajstić information content (AvgIpc) is 3.27. The lowest BCUT2D eigenvalue weighted by atomic mass is 9.93. The van der Waals surface area contributed by atoms with E-state index in [1.807, 2.05) is 19.9 Å². The third-order valence-corrected chi connectivity index (χ3v) is 8.55. The zero-order chi connectivity index (χ0) is 28.2. The van der Waals surface area contributed by atoms with Gasteiger partial charge in [-0.05, 0) is 83.8 Å². The Morgan fingerprint density at radius 2 is 2.00 bits per heavy atom. The number of nitrogens with one attached hydrogen (secondary N) is 4. The number of hydrogen-bond donors (Lipinski definition) is 4. The third-order valence-electron chi connectivity index (χ3n) is 6.24. The van der Waals surface area contributed by atoms with E-state index in [4.69, 9.17) is 21.7 Å². The first-order valence-corrected chi connectivity index (χ1v) is 14.5. The summed E-state index contributed by atoms with van der Waals surface area (Å²) in [5.41, 5.74) is 3.13. The molecule has 2 heterocycles. The maximum absolute atomic E-state index is 12.6. The lowest BCUT2D eigenvalue weighted by molar-refractivity contribution is 0.243. The molecule has 1 aliphatic rings. The van der Waals surface area contributed by atoms with Gasteiger partial charge in [0, 0.05) is 19.8 Å². The van der Waals surface area contributed by atoms with Gasteiger partial charge in [0.15, 0.2) is 20.7 Å². The topological polar surface area (TPSA) is 132 Å². The minimum Gasteiger partial charge on any atom is -0.489 e. The number of benzene rings is 1. The van der Waals surface area contributed by atoms with Crippen molar-refractivity contribution in [2.24, 2.45) is 0 Å². The number of likely N-dealkylation sites (tertiary alicyclic amines) is 1. The van der Waals surface area contributed by atoms with Crippen LogP contribution in [0.15, 0.2) is 30.2 Å². The van der Waals surface area contributed by atoms with Gasteiger partial charge < -0.3 is 25.6 Å². The molecule has 0 radical (unpaired) electrons. The molecular weight excluding hydrogens is 526 g/mol. The molecule has 3 rings (SSSR count). The van der Waals surface area contributed by atoms with Gasteiger partial charge in [-0.3, -0.25) is 5.41 Å². The van der Waals surface area contributed by atoms with E-state index < -0.39 is 20.1 Å². The predicted molar refractivity (Wildman–Crippen MR) is 155 cm³/mol. The summed E-state index contributed by atoms with van der Waals surface area (Å²) in [5, 5.41) is 16.0. The van der Waals surface area contributed by atoms with E-state index in [0.717, 1.165) is 25.1 Å². The normalized spacial score (nSPS) is 16.7. The zero-order valence-corrected chi connectivity index (χ0v) is 24.6. The van der Waals surface area contributed by atoms with E-state index >= 15 is 0 Å². The van der Waals surface area contributed by atoms with Gasteiger partial charge in [0.05, 0.1) is 28.9 Å². The number of sulfone groups is 1. The summed E-state index contributed by atoms with van der Waals surface area (Å²) >= 11 is 6.34. The summed E-state index contributed by atoms with van der Waals surface area (Å²) in [7, 11) is -0.0912. The number of halogens is 1. The van der Waals surface area contributed by atoms with Crippen LogP contribution in [0.25, 0.3) is 0 Å². The molecule has 0 saturated carbocycles. The van der Waals surface area contributed by atoms with Gasteiger partial charge in [0.2, 0.25) is 5.95 Å². The average molecular weight is 564 g/mol. The van der Waals surface area contributed by atoms with E-state index in [1.54, 1.807) is 7.05 Å². The highest BCUT2D eigenvalue weighted by atomic mass is 35.5. The van der Waals surface area contributed by atoms with Crippen molar-refractivity contribution in [1.82, 2.24) is 20.2 Å². The second-order valence-electron chi connectivity index (χ2n) is 10.0. The first kappa shape index (κ1) is 29.7. The largest absolute Gasteiger partial charge is 0.489 e. The molecule has 208 valence electrons. The molecule has 38 heavy (non-hydrogen) atoms. The first-order valence-electron chi connectivity index (χ1n) is 12.6. The molecule has 1 saturated heterocycles. The summed E-state index contributed by atoms with van der Waals surface area (Å²) in [6.45, 7) is 11.2. The Bertz CT molecular complexity index is 1310. The van der Waals surface area contributed by atoms with Gasteiger partial charge in [-0.2, -0.15) is 4.98 Å². The van der Waals surface area contributed by atoms with Crippen molar-refractivity contribution in [3.8, 4) is 5.75 Å². The number of rotatable bonds is 10. The highest BCUT2D eigenvalue weighted by Crippen LogP contribution is 2.37. The molecule has 1 aromatic heterocycles. The highest BCUT2D eigenvalue weighted by Gasteiger charge is 2.27. The van der Waals surface area contributed by atoms with Crippen LogP contribution < -0.4 is 20.7 Å². The Balaban J connectivity index is 1.94. The maximum atomic E-state index is 12.6. The van der Waals surface area contributed by atoms with Crippen molar-refractivity contribution < 1.29 is 13.2 Å². The molecular formula is C26H38ClN7O3S. The van der Waals surface area contributed by atoms with Gasteiger partial charge in [0.1, 0.15) is 10.8 Å². The maximum Gasteiger partial charge on any atom is 0.229 e. The second kappa shape index (κ2) is 12.3. The molecule has 1 atom stereocenters. The molecule has 2 aromatic rings. The van der Waals surface area contributed by atoms with Gasteiger partial charge >= 0.3 is 0 Å². The van der Waals surface area contributed by atoms with Gasteiger partial charge in [-0.25, -0.2) is 13.4 Å². The molecule has 10 nitrogen and oxygen atoms in total. The fraction of sp³-hybridized carbons (Fsp3) is 0.500. The third kappa shape index (κ3) is 6.95. The number of aromatic nitrogens is 2. The van der Waals surface area contributed by atoms with Gasteiger partial charge in [-0.15, -0.1) is 0 Å². The van der Waals surface area contributed by atoms with E-state index in [9.17, 15) is 8.42 Å². The molecule has 1 unspecified atom stereocenters. The van der Waals surface area contributed by atoms with Crippen molar-refractivity contribution in [2.45, 2.75) is 58.3 Å². The van der Waals surface area contributed by atoms with Crippen LogP contribution in [-0.2, 0) is 9.84 Å². The Kier molecular flexibility index (Phi) is 9.61. The molecule has 0 amide bonds. The summed E-state index contributed by atoms with van der Waals surface area (Å²) < 4.78 is 31.4. The molecule has 0 aliphatic carbocycles. The van der Waals surface area contributed by atoms with Gasteiger partial charge in [-0.1, -0.05) is 11.6 Å². The SMILES string of the molecule is CN/C=C(/Nc1nc(Nc2cc(C)c(C3CCN(C)C3)cc2OC(C)C)ncc1Cl)C(=N)S(=O)(=O)C(C)C. The fourth-order valence-corrected chi connectivity index (χ4v) is 5.26. The Hall–Kier alpha value is -2.89. The first-order chi connectivity index (χ1) is 17.8. The second-order valence-corrected chi connectivity index (χ2v) is 12.9. The number of likely N-dealkylation sites (N-methyl/N-ethyl adjacent to an activating group) is 1. The van der Waals surface area contributed by atoms with Crippen molar-refractivity contribution in [2.75, 3.05) is 37.8 Å². The number of ether oxygens (including phenoxy) is 1. The van der Waals surface area contributed by atoms with E-state index in [0.29, 0.717) is 17.4 Å². The zero-order valence-electron chi connectivity index (χ0n) is 23.0. The van der Waals surface area contributed by atoms with Crippen LogP contribution in [0, 0.1) is 12.3 Å². The molecule has 0 spiro atoms. The Morgan fingerprint density at radius 3 is 2.58 bits per heavy atom. The van der Waals surface area contributed by atoms with Crippen molar-refractivity contribution in [3.05, 3.63) is 46.4 Å². The molecule has 1 fully saturated rings. The highest BCUT2D eigenvalue weighted by molar-refractivity contribution is 8.07. The smallest absolute Gasteiger partial charge is 0.229 e. The summed E-state index contributed by atoms with van der Waals surface area (Å²) in [5.74, 6) is 1.54. The van der Waals surface area contributed by atoms with E-state index in [2.05, 4.69) is 50.9 Å². The van der Waals surface area contributed by atoms with Crippen LogP contribution in [0.1, 0.15) is 51.2 Å². The van der Waals surface area contributed by atoms with Crippen LogP contribution in [0.5, 0.6) is 5.75 Å². The van der Waals surface area contributed by atoms with Crippen molar-refractivity contribution in [1.29, 1.82) is 5.41 Å². The molecule has 1 aliphatic heterocycles. The lowest BCUT2D eigenvalue weighted by Gasteiger charge is -2.21. The van der Waals surface area contributed by atoms with Crippen LogP contribution >= 0.6 is 11.6 Å². The minimum atomic E-state index is -3.84. The van der Waals surface area contributed by atoms with Crippen LogP contribution in [0.2, 0.25) is 5.02 Å². The predicted octanol–water partition coefficient (Wildman–Crippen LogP) is 4.66. The minimum absolute atomic E-state index is 0.0123. The number of aryl methyl sites for hydroxylation is 1. The fourth-order valence-electron chi connectivity index (χ4n) is 4.24. The van der Waals surface area contributed by atoms with E-state index in [-0.39, 0.29) is 28.6 Å². The van der Waals surface area contributed by atoms with Gasteiger partial charge in [0.25, 0.3) is 0 Å². The summed E-state index contributed by atoms with van der Waals surface area (Å²) in [6, 6.07) is 4.14. The van der Waals surface area contributed by atoms with E-state index in [1.165, 1.54) is 31.8 Å². The molecule has 4 N–H and O–H groups in total. The monoisotopic (exact) mass is 563 g/mol. The van der Waals surface area contributed by atoms with Crippen LogP contribution in [0.4, 0.5) is 17.5 Å². The number of nitrogens with zero attached hydrogens (tertiary/aromatic N) is 3. The molecule has 1 aromatic carbocycles. The standard InChI is InChI=1S/C26H38ClN7O3S/c1-15(2)37-23-11-19(18-8-9-34(7)14-18)17(5)10-21(23)32-26-30-12-20(27)25(33-26)31-22(13-29-6)24(28)38(35,36)16(3)4/h10-13,15-16,18,28-29H,8-9,14H2,1-7H3,(H2,30,31,32,33)/b22-13+,28-24?.